The second kappa shape index (κ2) is 4.89. The van der Waals surface area contributed by atoms with Gasteiger partial charge in [0.2, 0.25) is 5.43 Å². The minimum atomic E-state index is -0.0522. The third kappa shape index (κ3) is 2.44. The van der Waals surface area contributed by atoms with E-state index >= 15 is 0 Å². The Bertz CT molecular complexity index is 717. The molecule has 2 heterocycles. The van der Waals surface area contributed by atoms with Gasteiger partial charge in [-0.15, -0.1) is 0 Å². The zero-order valence-corrected chi connectivity index (χ0v) is 10.2. The molecule has 5 nitrogen and oxygen atoms in total. The molecular weight excluding hydrogens is 240 g/mol. The molecule has 0 amide bonds. The lowest BCUT2D eigenvalue weighted by Crippen LogP contribution is -2.16. The normalized spacial score (nSPS) is 10.5. The Morgan fingerprint density at radius 3 is 2.74 bits per heavy atom. The highest BCUT2D eigenvalue weighted by Crippen LogP contribution is 2.05. The van der Waals surface area contributed by atoms with Crippen LogP contribution in [0.5, 0.6) is 0 Å². The van der Waals surface area contributed by atoms with Crippen LogP contribution in [0.1, 0.15) is 11.3 Å². The summed E-state index contributed by atoms with van der Waals surface area (Å²) in [7, 11) is 0. The number of hydrogen-bond donors (Lipinski definition) is 1. The molecule has 0 radical (unpaired) electrons. The van der Waals surface area contributed by atoms with Crippen LogP contribution in [-0.2, 0) is 6.42 Å². The predicted octanol–water partition coefficient (Wildman–Crippen LogP) is 1.55. The monoisotopic (exact) mass is 252 g/mol. The van der Waals surface area contributed by atoms with E-state index in [1.54, 1.807) is 23.3 Å². The van der Waals surface area contributed by atoms with Crippen molar-refractivity contribution in [3.05, 3.63) is 76.5 Å². The van der Waals surface area contributed by atoms with Gasteiger partial charge in [0.05, 0.1) is 6.20 Å². The molecule has 0 aliphatic heterocycles. The van der Waals surface area contributed by atoms with Crippen molar-refractivity contribution in [2.75, 3.05) is 0 Å². The lowest BCUT2D eigenvalue weighted by molar-refractivity contribution is 0.792. The molecule has 94 valence electrons. The van der Waals surface area contributed by atoms with Crippen molar-refractivity contribution in [1.29, 1.82) is 0 Å². The molecule has 1 N–H and O–H groups in total. The minimum Gasteiger partial charge on any atom is -0.288 e. The van der Waals surface area contributed by atoms with Gasteiger partial charge in [0.1, 0.15) is 11.4 Å². The van der Waals surface area contributed by atoms with Crippen molar-refractivity contribution in [3.8, 4) is 5.69 Å². The molecule has 0 aliphatic rings. The summed E-state index contributed by atoms with van der Waals surface area (Å²) >= 11 is 0. The van der Waals surface area contributed by atoms with Crippen LogP contribution in [0, 0.1) is 0 Å². The van der Waals surface area contributed by atoms with Crippen LogP contribution < -0.4 is 5.43 Å². The molecule has 0 unspecified atom stereocenters. The van der Waals surface area contributed by atoms with Crippen molar-refractivity contribution >= 4 is 0 Å². The maximum Gasteiger partial charge on any atom is 0.203 e. The summed E-state index contributed by atoms with van der Waals surface area (Å²) in [5.74, 6) is 0. The van der Waals surface area contributed by atoms with Gasteiger partial charge in [-0.3, -0.25) is 9.89 Å². The van der Waals surface area contributed by atoms with Gasteiger partial charge in [0.15, 0.2) is 0 Å². The van der Waals surface area contributed by atoms with Crippen LogP contribution in [0.4, 0.5) is 0 Å². The van der Waals surface area contributed by atoms with Crippen LogP contribution in [0.25, 0.3) is 5.69 Å². The van der Waals surface area contributed by atoms with E-state index in [0.717, 1.165) is 11.3 Å². The maximum absolute atomic E-state index is 11.8. The number of rotatable bonds is 3. The van der Waals surface area contributed by atoms with Crippen LogP contribution in [0.15, 0.2) is 59.8 Å². The van der Waals surface area contributed by atoms with E-state index in [1.807, 2.05) is 30.3 Å². The smallest absolute Gasteiger partial charge is 0.203 e. The van der Waals surface area contributed by atoms with Gasteiger partial charge in [0.25, 0.3) is 0 Å². The lowest BCUT2D eigenvalue weighted by atomic mass is 10.1. The van der Waals surface area contributed by atoms with E-state index in [4.69, 9.17) is 0 Å². The number of nitrogens with zero attached hydrogens (tertiary/aromatic N) is 3. The van der Waals surface area contributed by atoms with E-state index in [-0.39, 0.29) is 5.43 Å². The summed E-state index contributed by atoms with van der Waals surface area (Å²) in [6.45, 7) is 0. The first-order valence-corrected chi connectivity index (χ1v) is 5.95. The van der Waals surface area contributed by atoms with Gasteiger partial charge in [-0.25, -0.2) is 4.68 Å². The Hall–Kier alpha value is -2.69. The maximum atomic E-state index is 11.8. The van der Waals surface area contributed by atoms with Gasteiger partial charge >= 0.3 is 0 Å². The highest BCUT2D eigenvalue weighted by atomic mass is 16.1. The molecule has 2 aromatic heterocycles. The van der Waals surface area contributed by atoms with Crippen molar-refractivity contribution in [2.24, 2.45) is 0 Å². The van der Waals surface area contributed by atoms with Gasteiger partial charge in [0, 0.05) is 24.9 Å². The Morgan fingerprint density at radius 2 is 2.00 bits per heavy atom. The summed E-state index contributed by atoms with van der Waals surface area (Å²) < 4.78 is 1.64. The number of aromatic nitrogens is 4. The Labute approximate surface area is 109 Å². The van der Waals surface area contributed by atoms with E-state index in [2.05, 4.69) is 15.3 Å². The van der Waals surface area contributed by atoms with Crippen molar-refractivity contribution in [2.45, 2.75) is 6.42 Å². The summed E-state index contributed by atoms with van der Waals surface area (Å²) in [5.41, 5.74) is 2.34. The number of nitrogens with one attached hydrogen (secondary N) is 1. The molecule has 0 saturated heterocycles. The first-order chi connectivity index (χ1) is 9.33. The third-order valence-electron chi connectivity index (χ3n) is 2.84. The Kier molecular flexibility index (Phi) is 2.94. The first kappa shape index (κ1) is 11.4. The molecule has 19 heavy (non-hydrogen) atoms. The summed E-state index contributed by atoms with van der Waals surface area (Å²) in [6.07, 6.45) is 5.55. The standard InChI is InChI=1S/C14H12N4O/c19-14-6-7-18(12-9-15-16-10-12)17-13(14)8-11-4-2-1-3-5-11/h1-7,9-10H,8H2,(H,15,16). The van der Waals surface area contributed by atoms with Gasteiger partial charge in [-0.1, -0.05) is 30.3 Å². The fourth-order valence-corrected chi connectivity index (χ4v) is 1.87. The largest absolute Gasteiger partial charge is 0.288 e. The highest BCUT2D eigenvalue weighted by molar-refractivity contribution is 5.25. The van der Waals surface area contributed by atoms with Gasteiger partial charge in [-0.05, 0) is 5.56 Å². The summed E-state index contributed by atoms with van der Waals surface area (Å²) in [4.78, 5) is 11.8. The van der Waals surface area contributed by atoms with Crippen LogP contribution in [0.2, 0.25) is 0 Å². The molecule has 0 bridgehead atoms. The van der Waals surface area contributed by atoms with Gasteiger partial charge in [-0.2, -0.15) is 10.2 Å². The summed E-state index contributed by atoms with van der Waals surface area (Å²) in [5, 5.41) is 10.9. The van der Waals surface area contributed by atoms with Crippen LogP contribution >= 0.6 is 0 Å². The van der Waals surface area contributed by atoms with Crippen LogP contribution in [-0.4, -0.2) is 20.0 Å². The number of H-pyrrole nitrogens is 1. The molecule has 0 fully saturated rings. The Morgan fingerprint density at radius 1 is 1.16 bits per heavy atom. The quantitative estimate of drug-likeness (QED) is 0.769. The van der Waals surface area contributed by atoms with E-state index in [9.17, 15) is 4.79 Å². The fourth-order valence-electron chi connectivity index (χ4n) is 1.87. The molecule has 0 saturated carbocycles. The Balaban J connectivity index is 1.97. The van der Waals surface area contributed by atoms with Crippen LogP contribution in [0.3, 0.4) is 0 Å². The second-order valence-electron chi connectivity index (χ2n) is 4.19. The van der Waals surface area contributed by atoms with Crippen molar-refractivity contribution < 1.29 is 0 Å². The van der Waals surface area contributed by atoms with Crippen molar-refractivity contribution in [3.63, 3.8) is 0 Å². The highest BCUT2D eigenvalue weighted by Gasteiger charge is 2.05. The zero-order chi connectivity index (χ0) is 13.1. The summed E-state index contributed by atoms with van der Waals surface area (Å²) in [6, 6.07) is 11.3. The zero-order valence-electron chi connectivity index (χ0n) is 10.2. The molecule has 5 heteroatoms. The average Bonchev–Trinajstić information content (AvgIpc) is 2.96. The van der Waals surface area contributed by atoms with Crippen molar-refractivity contribution in [1.82, 2.24) is 20.0 Å². The third-order valence-corrected chi connectivity index (χ3v) is 2.84. The predicted molar refractivity (Wildman–Crippen MR) is 71.2 cm³/mol. The van der Waals surface area contributed by atoms with Gasteiger partial charge < -0.3 is 0 Å². The molecule has 3 rings (SSSR count). The SMILES string of the molecule is O=c1ccn(-c2cn[nH]c2)nc1Cc1ccccc1. The molecular formula is C14H12N4O. The molecule has 0 aliphatic carbocycles. The van der Waals surface area contributed by atoms with E-state index < -0.39 is 0 Å². The minimum absolute atomic E-state index is 0.0522. The average molecular weight is 252 g/mol. The molecule has 1 aromatic carbocycles. The van der Waals surface area contributed by atoms with E-state index in [0.29, 0.717) is 12.1 Å². The number of benzene rings is 1. The number of hydrogen-bond acceptors (Lipinski definition) is 3. The molecule has 0 spiro atoms. The molecule has 0 atom stereocenters. The number of aromatic amines is 1. The first-order valence-electron chi connectivity index (χ1n) is 5.95. The fraction of sp³-hybridized carbons (Fsp3) is 0.0714. The second-order valence-corrected chi connectivity index (χ2v) is 4.19. The topological polar surface area (TPSA) is 63.6 Å². The van der Waals surface area contributed by atoms with E-state index in [1.165, 1.54) is 6.07 Å². The molecule has 3 aromatic rings. The lowest BCUT2D eigenvalue weighted by Gasteiger charge is -2.05.